The first-order chi connectivity index (χ1) is 16.6. The van der Waals surface area contributed by atoms with Gasteiger partial charge in [-0.05, 0) is 41.5 Å². The molecule has 0 saturated carbocycles. The van der Waals surface area contributed by atoms with Crippen LogP contribution in [0.15, 0.2) is 66.7 Å². The maximum Gasteiger partial charge on any atom is 0.416 e. The molecule has 0 radical (unpaired) electrons. The number of alkyl halides is 6. The molecule has 194 valence electrons. The monoisotopic (exact) mass is 532 g/mol. The number of nitrogens with one attached hydrogen (secondary N) is 2. The fraction of sp³-hybridized carbons (Fsp3) is 0.208. The highest BCUT2D eigenvalue weighted by Crippen LogP contribution is 2.38. The Labute approximate surface area is 204 Å². The second-order valence-electron chi connectivity index (χ2n) is 7.25. The van der Waals surface area contributed by atoms with Gasteiger partial charge in [0.25, 0.3) is 5.91 Å². The summed E-state index contributed by atoms with van der Waals surface area (Å²) in [5.41, 5.74) is -3.39. The highest BCUT2D eigenvalue weighted by molar-refractivity contribution is 7.92. The summed E-state index contributed by atoms with van der Waals surface area (Å²) in [6, 6.07) is 13.2. The Morgan fingerprint density at radius 3 is 1.75 bits per heavy atom. The molecule has 0 unspecified atom stereocenters. The van der Waals surface area contributed by atoms with Crippen molar-refractivity contribution < 1.29 is 39.6 Å². The average Bonchev–Trinajstić information content (AvgIpc) is 2.79. The van der Waals surface area contributed by atoms with E-state index in [1.165, 1.54) is 18.2 Å². The molecular weight excluding hydrogens is 510 g/mol. The summed E-state index contributed by atoms with van der Waals surface area (Å²) < 4.78 is 104. The smallest absolute Gasteiger partial charge is 0.322 e. The van der Waals surface area contributed by atoms with Crippen molar-refractivity contribution in [2.75, 3.05) is 16.3 Å². The van der Waals surface area contributed by atoms with Gasteiger partial charge in [-0.2, -0.15) is 26.3 Å². The van der Waals surface area contributed by atoms with Gasteiger partial charge in [-0.3, -0.25) is 9.52 Å². The molecule has 0 aromatic heterocycles. The second-order valence-corrected chi connectivity index (χ2v) is 9.00. The van der Waals surface area contributed by atoms with Crippen LogP contribution in [-0.4, -0.2) is 20.6 Å². The van der Waals surface area contributed by atoms with Crippen LogP contribution in [0.1, 0.15) is 35.3 Å². The predicted octanol–water partition coefficient (Wildman–Crippen LogP) is 7.04. The molecule has 0 bridgehead atoms. The van der Waals surface area contributed by atoms with E-state index in [-0.39, 0.29) is 17.3 Å². The Bertz CT molecular complexity index is 1290. The minimum absolute atomic E-state index is 0.0671. The van der Waals surface area contributed by atoms with Gasteiger partial charge in [0.05, 0.1) is 28.6 Å². The maximum atomic E-state index is 13.1. The van der Waals surface area contributed by atoms with E-state index in [1.54, 1.807) is 30.3 Å². The number of hydrogen-bond donors (Lipinski definition) is 2. The molecule has 2 N–H and O–H groups in total. The molecule has 3 rings (SSSR count). The Hall–Kier alpha value is -3.54. The van der Waals surface area contributed by atoms with Gasteiger partial charge in [-0.25, -0.2) is 8.42 Å². The summed E-state index contributed by atoms with van der Waals surface area (Å²) in [5, 5.41) is 2.01. The van der Waals surface area contributed by atoms with Crippen LogP contribution in [0.4, 0.5) is 37.7 Å². The van der Waals surface area contributed by atoms with Gasteiger partial charge in [0.1, 0.15) is 0 Å². The molecule has 0 spiro atoms. The Balaban J connectivity index is 0.00000222. The van der Waals surface area contributed by atoms with Gasteiger partial charge in [0, 0.05) is 5.69 Å². The van der Waals surface area contributed by atoms with Crippen LogP contribution in [0.25, 0.3) is 11.1 Å². The first-order valence-electron chi connectivity index (χ1n) is 10.4. The average molecular weight is 533 g/mol. The standard InChI is InChI=1S/C22H16F6N2O3S.C2H6/c1-34(32,33)30-19-8-7-14(13-5-3-2-4-6-13)9-18(19)20(31)29-17-11-15(21(23,24)25)10-16(12-17)22(26,27)28;1-2/h2-12,30H,1H3,(H,29,31);1-2H3. The van der Waals surface area contributed by atoms with Crippen molar-refractivity contribution >= 4 is 27.3 Å². The molecule has 12 heteroatoms. The highest BCUT2D eigenvalue weighted by atomic mass is 32.2. The minimum Gasteiger partial charge on any atom is -0.322 e. The SMILES string of the molecule is CC.CS(=O)(=O)Nc1ccc(-c2ccccc2)cc1C(=O)Nc1cc(C(F)(F)F)cc(C(F)(F)F)c1. The Kier molecular flexibility index (Phi) is 8.79. The zero-order valence-electron chi connectivity index (χ0n) is 19.3. The van der Waals surface area contributed by atoms with Crippen LogP contribution < -0.4 is 10.0 Å². The van der Waals surface area contributed by atoms with Gasteiger partial charge in [-0.15, -0.1) is 0 Å². The highest BCUT2D eigenvalue weighted by Gasteiger charge is 2.37. The third-order valence-corrected chi connectivity index (χ3v) is 5.10. The minimum atomic E-state index is -5.10. The number of carbonyl (C=O) groups excluding carboxylic acids is 1. The fourth-order valence-electron chi connectivity index (χ4n) is 3.06. The van der Waals surface area contributed by atoms with Gasteiger partial charge in [-0.1, -0.05) is 50.2 Å². The van der Waals surface area contributed by atoms with Gasteiger partial charge in [0.15, 0.2) is 0 Å². The van der Waals surface area contributed by atoms with Crippen LogP contribution in [-0.2, 0) is 22.4 Å². The summed E-state index contributed by atoms with van der Waals surface area (Å²) in [7, 11) is -3.86. The zero-order chi connectivity index (χ0) is 27.3. The second kappa shape index (κ2) is 11.0. The number of sulfonamides is 1. The molecule has 1 amide bonds. The van der Waals surface area contributed by atoms with Crippen molar-refractivity contribution in [2.45, 2.75) is 26.2 Å². The molecule has 0 atom stereocenters. The van der Waals surface area contributed by atoms with Crippen LogP contribution in [0.5, 0.6) is 0 Å². The Morgan fingerprint density at radius 2 is 1.28 bits per heavy atom. The van der Waals surface area contributed by atoms with E-state index in [2.05, 4.69) is 4.72 Å². The Morgan fingerprint density at radius 1 is 0.750 bits per heavy atom. The molecule has 5 nitrogen and oxygen atoms in total. The molecule has 0 aliphatic rings. The van der Waals surface area contributed by atoms with Crippen molar-refractivity contribution in [3.8, 4) is 11.1 Å². The summed E-state index contributed by atoms with van der Waals surface area (Å²) in [6.07, 6.45) is -9.38. The van der Waals surface area contributed by atoms with Crippen LogP contribution in [0.2, 0.25) is 0 Å². The van der Waals surface area contributed by atoms with E-state index >= 15 is 0 Å². The molecule has 0 heterocycles. The van der Waals surface area contributed by atoms with E-state index in [1.807, 2.05) is 19.2 Å². The summed E-state index contributed by atoms with van der Waals surface area (Å²) in [6.45, 7) is 4.00. The van der Waals surface area contributed by atoms with Gasteiger partial charge < -0.3 is 5.32 Å². The lowest BCUT2D eigenvalue weighted by atomic mass is 10.0. The number of halogens is 6. The number of benzene rings is 3. The first-order valence-corrected chi connectivity index (χ1v) is 12.3. The molecule has 3 aromatic carbocycles. The zero-order valence-corrected chi connectivity index (χ0v) is 20.1. The predicted molar refractivity (Wildman–Crippen MR) is 126 cm³/mol. The van der Waals surface area contributed by atoms with E-state index in [4.69, 9.17) is 0 Å². The fourth-order valence-corrected chi connectivity index (χ4v) is 3.63. The topological polar surface area (TPSA) is 75.3 Å². The van der Waals surface area contributed by atoms with E-state index in [0.29, 0.717) is 23.3 Å². The van der Waals surface area contributed by atoms with Gasteiger partial charge >= 0.3 is 12.4 Å². The largest absolute Gasteiger partial charge is 0.416 e. The van der Waals surface area contributed by atoms with Crippen LogP contribution in [0, 0.1) is 0 Å². The normalized spacial score (nSPS) is 11.8. The molecule has 3 aromatic rings. The molecule has 36 heavy (non-hydrogen) atoms. The quantitative estimate of drug-likeness (QED) is 0.346. The number of hydrogen-bond acceptors (Lipinski definition) is 3. The van der Waals surface area contributed by atoms with E-state index < -0.39 is 45.1 Å². The lowest BCUT2D eigenvalue weighted by Crippen LogP contribution is -2.19. The summed E-state index contributed by atoms with van der Waals surface area (Å²) >= 11 is 0. The molecule has 0 aliphatic heterocycles. The van der Waals surface area contributed by atoms with Crippen molar-refractivity contribution in [1.29, 1.82) is 0 Å². The van der Waals surface area contributed by atoms with Crippen LogP contribution in [0.3, 0.4) is 0 Å². The lowest BCUT2D eigenvalue weighted by Gasteiger charge is -2.16. The number of carbonyl (C=O) groups is 1. The van der Waals surface area contributed by atoms with Crippen molar-refractivity contribution in [1.82, 2.24) is 0 Å². The van der Waals surface area contributed by atoms with Gasteiger partial charge in [0.2, 0.25) is 10.0 Å². The first kappa shape index (κ1) is 28.7. The summed E-state index contributed by atoms with van der Waals surface area (Å²) in [4.78, 5) is 12.9. The number of anilines is 2. The maximum absolute atomic E-state index is 13.1. The third kappa shape index (κ3) is 7.74. The third-order valence-electron chi connectivity index (χ3n) is 4.51. The molecule has 0 fully saturated rings. The van der Waals surface area contributed by atoms with E-state index in [9.17, 15) is 39.6 Å². The molecular formula is C24H22F6N2O3S. The van der Waals surface area contributed by atoms with E-state index in [0.717, 1.165) is 6.26 Å². The number of rotatable bonds is 5. The molecule has 0 aliphatic carbocycles. The summed E-state index contributed by atoms with van der Waals surface area (Å²) in [5.74, 6) is -1.11. The van der Waals surface area contributed by atoms with Crippen molar-refractivity contribution in [3.63, 3.8) is 0 Å². The van der Waals surface area contributed by atoms with Crippen molar-refractivity contribution in [2.24, 2.45) is 0 Å². The molecule has 0 saturated heterocycles. The number of amides is 1. The lowest BCUT2D eigenvalue weighted by molar-refractivity contribution is -0.143. The van der Waals surface area contributed by atoms with Crippen molar-refractivity contribution in [3.05, 3.63) is 83.4 Å². The van der Waals surface area contributed by atoms with Crippen LogP contribution >= 0.6 is 0 Å².